The molecule has 100 valence electrons. The van der Waals surface area contributed by atoms with E-state index in [1.54, 1.807) is 0 Å². The highest BCUT2D eigenvalue weighted by Gasteiger charge is 2.74. The molecular weight excluding hydrogens is 264 g/mol. The van der Waals surface area contributed by atoms with Gasteiger partial charge in [0, 0.05) is 5.41 Å². The maximum Gasteiger partial charge on any atom is 0.248 e. The number of nitrogens with one attached hydrogen (secondary N) is 2. The second-order valence-corrected chi connectivity index (χ2v) is 6.21. The summed E-state index contributed by atoms with van der Waals surface area (Å²) in [6, 6.07) is 3.96. The summed E-state index contributed by atoms with van der Waals surface area (Å²) in [5.41, 5.74) is -3.19. The molecule has 1 amide bonds. The van der Waals surface area contributed by atoms with Crippen molar-refractivity contribution in [3.8, 4) is 12.1 Å². The second kappa shape index (κ2) is 3.65. The second-order valence-electron chi connectivity index (χ2n) is 5.83. The molecule has 0 aromatic rings. The molecule has 0 spiro atoms. The summed E-state index contributed by atoms with van der Waals surface area (Å²) in [6.07, 6.45) is 0. The van der Waals surface area contributed by atoms with Crippen LogP contribution < -0.4 is 10.6 Å². The lowest BCUT2D eigenvalue weighted by atomic mass is 9.56. The van der Waals surface area contributed by atoms with E-state index in [9.17, 15) is 15.3 Å². The zero-order valence-corrected chi connectivity index (χ0v) is 12.0. The summed E-state index contributed by atoms with van der Waals surface area (Å²) in [4.78, 5) is 12.4. The summed E-state index contributed by atoms with van der Waals surface area (Å²) in [5, 5.41) is 24.9. The van der Waals surface area contributed by atoms with Gasteiger partial charge < -0.3 is 10.6 Å². The van der Waals surface area contributed by atoms with Gasteiger partial charge in [-0.15, -0.1) is 0 Å². The number of fused-ring (bicyclic) bond motifs is 2. The fourth-order valence-corrected chi connectivity index (χ4v) is 3.75. The van der Waals surface area contributed by atoms with Crippen LogP contribution in [0.2, 0.25) is 0 Å². The number of carbonyl (C=O) groups is 1. The van der Waals surface area contributed by atoms with Gasteiger partial charge in [0.2, 0.25) is 5.91 Å². The van der Waals surface area contributed by atoms with Crippen LogP contribution in [0.15, 0.2) is 10.7 Å². The maximum absolute atomic E-state index is 12.4. The molecule has 5 nitrogen and oxygen atoms in total. The Bertz CT molecular complexity index is 580. The molecule has 0 aromatic carbocycles. The summed E-state index contributed by atoms with van der Waals surface area (Å²) in [6.45, 7) is 7.48. The molecule has 0 aromatic heterocycles. The molecule has 6 heteroatoms. The van der Waals surface area contributed by atoms with Crippen LogP contribution in [0.5, 0.6) is 0 Å². The van der Waals surface area contributed by atoms with E-state index in [1.807, 2.05) is 39.8 Å². The van der Waals surface area contributed by atoms with E-state index in [1.165, 1.54) is 0 Å². The summed E-state index contributed by atoms with van der Waals surface area (Å²) in [5.74, 6) is -0.468. The summed E-state index contributed by atoms with van der Waals surface area (Å²) < 4.78 is 0. The van der Waals surface area contributed by atoms with Gasteiger partial charge in [-0.2, -0.15) is 10.5 Å². The van der Waals surface area contributed by atoms with Crippen molar-refractivity contribution in [2.45, 2.75) is 33.4 Å². The molecule has 2 rings (SSSR count). The molecule has 1 fully saturated rings. The molecule has 2 atom stereocenters. The van der Waals surface area contributed by atoms with Crippen LogP contribution in [0.1, 0.15) is 27.7 Å². The molecule has 2 aliphatic heterocycles. The van der Waals surface area contributed by atoms with Crippen molar-refractivity contribution in [2.75, 3.05) is 0 Å². The van der Waals surface area contributed by atoms with E-state index in [0.717, 1.165) is 0 Å². The van der Waals surface area contributed by atoms with Gasteiger partial charge in [-0.05, 0) is 5.92 Å². The van der Waals surface area contributed by atoms with Gasteiger partial charge in [0.25, 0.3) is 0 Å². The van der Waals surface area contributed by atoms with Crippen LogP contribution in [0.4, 0.5) is 0 Å². The fourth-order valence-electron chi connectivity index (χ4n) is 3.41. The summed E-state index contributed by atoms with van der Waals surface area (Å²) >= 11 is 6.11. The molecule has 19 heavy (non-hydrogen) atoms. The first kappa shape index (κ1) is 13.7. The van der Waals surface area contributed by atoms with E-state index in [2.05, 4.69) is 10.6 Å². The largest absolute Gasteiger partial charge is 0.352 e. The predicted octanol–water partition coefficient (Wildman–Crippen LogP) is 1.58. The number of hydrogen-bond donors (Lipinski definition) is 2. The molecule has 2 aliphatic rings. The van der Waals surface area contributed by atoms with Crippen molar-refractivity contribution in [2.24, 2.45) is 16.7 Å². The number of nitrogens with zero attached hydrogens (tertiary/aromatic N) is 2. The number of hydrogen-bond acceptors (Lipinski definition) is 4. The predicted molar refractivity (Wildman–Crippen MR) is 69.2 cm³/mol. The molecule has 1 saturated heterocycles. The standard InChI is InChI=1S/C13H15ClN4O/c1-7(2)13-11(3,4)12(6-16,10(19)18-13)8(5-15)9(14)17-13/h7,17H,1-4H3,(H,18,19). The molecule has 0 radical (unpaired) electrons. The quantitative estimate of drug-likeness (QED) is 0.713. The van der Waals surface area contributed by atoms with Gasteiger partial charge >= 0.3 is 0 Å². The van der Waals surface area contributed by atoms with E-state index < -0.39 is 22.4 Å². The number of carbonyl (C=O) groups excluding carboxylic acids is 1. The van der Waals surface area contributed by atoms with E-state index >= 15 is 0 Å². The number of halogens is 1. The van der Waals surface area contributed by atoms with Crippen LogP contribution in [0.3, 0.4) is 0 Å². The zero-order chi connectivity index (χ0) is 14.6. The van der Waals surface area contributed by atoms with Crippen molar-refractivity contribution in [1.82, 2.24) is 10.6 Å². The minimum atomic E-state index is -1.55. The Hall–Kier alpha value is -1.72. The molecule has 0 aliphatic carbocycles. The third kappa shape index (κ3) is 1.17. The van der Waals surface area contributed by atoms with Crippen LogP contribution in [0, 0.1) is 39.4 Å². The fraction of sp³-hybridized carbons (Fsp3) is 0.615. The van der Waals surface area contributed by atoms with Gasteiger partial charge in [0.05, 0.1) is 11.6 Å². The Balaban J connectivity index is 2.88. The van der Waals surface area contributed by atoms with Gasteiger partial charge in [0.15, 0.2) is 5.41 Å². The zero-order valence-electron chi connectivity index (χ0n) is 11.3. The van der Waals surface area contributed by atoms with Crippen molar-refractivity contribution in [3.05, 3.63) is 10.7 Å². The first-order chi connectivity index (χ1) is 8.71. The van der Waals surface area contributed by atoms with Crippen molar-refractivity contribution in [1.29, 1.82) is 10.5 Å². The van der Waals surface area contributed by atoms with Gasteiger partial charge in [-0.1, -0.05) is 39.3 Å². The normalized spacial score (nSPS) is 35.5. The number of rotatable bonds is 1. The highest BCUT2D eigenvalue weighted by Crippen LogP contribution is 2.60. The monoisotopic (exact) mass is 278 g/mol. The Morgan fingerprint density at radius 2 is 1.84 bits per heavy atom. The van der Waals surface area contributed by atoms with Crippen LogP contribution >= 0.6 is 11.6 Å². The maximum atomic E-state index is 12.4. The van der Waals surface area contributed by atoms with Gasteiger partial charge in [-0.3, -0.25) is 4.79 Å². The number of amides is 1. The lowest BCUT2D eigenvalue weighted by Gasteiger charge is -2.51. The summed E-state index contributed by atoms with van der Waals surface area (Å²) in [7, 11) is 0. The average Bonchev–Trinajstić information content (AvgIpc) is 2.43. The lowest BCUT2D eigenvalue weighted by molar-refractivity contribution is -0.125. The van der Waals surface area contributed by atoms with Crippen molar-refractivity contribution in [3.63, 3.8) is 0 Å². The van der Waals surface area contributed by atoms with E-state index in [0.29, 0.717) is 0 Å². The SMILES string of the molecule is CC(C)C12NC(=O)C(C#N)(C(C#N)=C(Cl)N1)C2(C)C. The number of nitriles is 2. The minimum absolute atomic E-state index is 0.00401. The van der Waals surface area contributed by atoms with Crippen molar-refractivity contribution < 1.29 is 4.79 Å². The lowest BCUT2D eigenvalue weighted by Crippen LogP contribution is -2.67. The Morgan fingerprint density at radius 1 is 1.26 bits per heavy atom. The third-order valence-electron chi connectivity index (χ3n) is 4.62. The van der Waals surface area contributed by atoms with Crippen molar-refractivity contribution >= 4 is 17.5 Å². The van der Waals surface area contributed by atoms with Crippen LogP contribution in [-0.2, 0) is 4.79 Å². The third-order valence-corrected chi connectivity index (χ3v) is 4.91. The van der Waals surface area contributed by atoms with Gasteiger partial charge in [0.1, 0.15) is 16.9 Å². The van der Waals surface area contributed by atoms with E-state index in [-0.39, 0.29) is 16.6 Å². The van der Waals surface area contributed by atoms with E-state index in [4.69, 9.17) is 11.6 Å². The molecule has 2 unspecified atom stereocenters. The molecule has 0 saturated carbocycles. The molecule has 2 heterocycles. The van der Waals surface area contributed by atoms with Gasteiger partial charge in [-0.25, -0.2) is 0 Å². The highest BCUT2D eigenvalue weighted by atomic mass is 35.5. The first-order valence-corrected chi connectivity index (χ1v) is 6.41. The smallest absolute Gasteiger partial charge is 0.248 e. The molecule has 2 bridgehead atoms. The minimum Gasteiger partial charge on any atom is -0.352 e. The van der Waals surface area contributed by atoms with Crippen LogP contribution in [-0.4, -0.2) is 11.6 Å². The highest BCUT2D eigenvalue weighted by molar-refractivity contribution is 6.30. The molecule has 2 N–H and O–H groups in total. The molecular formula is C13H15ClN4O. The van der Waals surface area contributed by atoms with Crippen LogP contribution in [0.25, 0.3) is 0 Å². The Kier molecular flexibility index (Phi) is 2.63. The first-order valence-electron chi connectivity index (χ1n) is 6.03. The topological polar surface area (TPSA) is 88.7 Å². The Labute approximate surface area is 117 Å². The average molecular weight is 279 g/mol. The Morgan fingerprint density at radius 3 is 2.26 bits per heavy atom.